The number of hydrogen-bond donors (Lipinski definition) is 1. The monoisotopic (exact) mass is 443 g/mol. The van der Waals surface area contributed by atoms with Gasteiger partial charge < -0.3 is 9.73 Å². The summed E-state index contributed by atoms with van der Waals surface area (Å²) in [6.07, 6.45) is 0. The average Bonchev–Trinajstić information content (AvgIpc) is 2.71. The lowest BCUT2D eigenvalue weighted by molar-refractivity contribution is -0.117. The minimum Gasteiger partial charge on any atom is -0.423 e. The molecule has 1 aliphatic heterocycles. The van der Waals surface area contributed by atoms with Crippen LogP contribution in [0.15, 0.2) is 51.7 Å². The van der Waals surface area contributed by atoms with Crippen molar-refractivity contribution >= 4 is 34.2 Å². The van der Waals surface area contributed by atoms with Crippen LogP contribution in [-0.2, 0) is 11.3 Å². The number of hydrogen-bond acceptors (Lipinski definition) is 5. The standard InChI is InChI=1S/C23H23ClFN3O3/c1-15-2-4-18-16(11-23(30)31-21(18)10-15)13-27-6-8-28(9-7-27)14-22(29)26-17-3-5-20(25)19(24)12-17/h2-5,10-12H,6-9,13-14H2,1H3,(H,26,29). The molecule has 0 atom stereocenters. The lowest BCUT2D eigenvalue weighted by Crippen LogP contribution is -2.48. The number of amides is 1. The number of piperazine rings is 1. The molecule has 4 rings (SSSR count). The quantitative estimate of drug-likeness (QED) is 0.610. The van der Waals surface area contributed by atoms with Crippen LogP contribution in [0.5, 0.6) is 0 Å². The predicted octanol–water partition coefficient (Wildman–Crippen LogP) is 3.65. The van der Waals surface area contributed by atoms with Crippen LogP contribution in [0, 0.1) is 12.7 Å². The van der Waals surface area contributed by atoms with Gasteiger partial charge in [0.1, 0.15) is 11.4 Å². The molecule has 0 aliphatic carbocycles. The third kappa shape index (κ3) is 5.31. The Morgan fingerprint density at radius 3 is 2.58 bits per heavy atom. The summed E-state index contributed by atoms with van der Waals surface area (Å²) in [5, 5.41) is 3.67. The Bertz CT molecular complexity index is 1170. The number of halogens is 2. The maximum absolute atomic E-state index is 13.2. The van der Waals surface area contributed by atoms with Crippen molar-refractivity contribution in [2.45, 2.75) is 13.5 Å². The summed E-state index contributed by atoms with van der Waals surface area (Å²) < 4.78 is 18.6. The van der Waals surface area contributed by atoms with Crippen molar-refractivity contribution in [3.05, 3.63) is 74.9 Å². The molecular weight excluding hydrogens is 421 g/mol. The van der Waals surface area contributed by atoms with Crippen molar-refractivity contribution in [2.75, 3.05) is 38.0 Å². The first-order valence-electron chi connectivity index (χ1n) is 10.1. The van der Waals surface area contributed by atoms with E-state index in [1.54, 1.807) is 6.07 Å². The molecule has 1 saturated heterocycles. The Morgan fingerprint density at radius 2 is 1.84 bits per heavy atom. The van der Waals surface area contributed by atoms with Gasteiger partial charge in [0.15, 0.2) is 0 Å². The van der Waals surface area contributed by atoms with Gasteiger partial charge in [0, 0.05) is 49.9 Å². The van der Waals surface area contributed by atoms with Crippen LogP contribution in [-0.4, -0.2) is 48.4 Å². The van der Waals surface area contributed by atoms with Crippen molar-refractivity contribution in [1.29, 1.82) is 0 Å². The summed E-state index contributed by atoms with van der Waals surface area (Å²) in [4.78, 5) is 28.6. The fourth-order valence-corrected chi connectivity index (χ4v) is 3.97. The first-order chi connectivity index (χ1) is 14.9. The molecule has 31 heavy (non-hydrogen) atoms. The first kappa shape index (κ1) is 21.5. The Kier molecular flexibility index (Phi) is 6.36. The van der Waals surface area contributed by atoms with E-state index < -0.39 is 5.82 Å². The predicted molar refractivity (Wildman–Crippen MR) is 119 cm³/mol. The summed E-state index contributed by atoms with van der Waals surface area (Å²) in [6.45, 7) is 5.89. The highest BCUT2D eigenvalue weighted by Crippen LogP contribution is 2.21. The van der Waals surface area contributed by atoms with Gasteiger partial charge in [0.05, 0.1) is 11.6 Å². The molecule has 2 aromatic carbocycles. The van der Waals surface area contributed by atoms with E-state index in [1.165, 1.54) is 18.2 Å². The third-order valence-corrected chi connectivity index (χ3v) is 5.70. The Labute approximate surface area is 184 Å². The summed E-state index contributed by atoms with van der Waals surface area (Å²) in [7, 11) is 0. The highest BCUT2D eigenvalue weighted by atomic mass is 35.5. The van der Waals surface area contributed by atoms with Crippen molar-refractivity contribution in [3.8, 4) is 0 Å². The summed E-state index contributed by atoms with van der Waals surface area (Å²) in [6, 6.07) is 11.6. The van der Waals surface area contributed by atoms with E-state index in [2.05, 4.69) is 15.1 Å². The topological polar surface area (TPSA) is 65.8 Å². The van der Waals surface area contributed by atoms with Crippen molar-refractivity contribution in [1.82, 2.24) is 9.80 Å². The zero-order valence-electron chi connectivity index (χ0n) is 17.2. The molecule has 162 valence electrons. The molecule has 0 radical (unpaired) electrons. The molecule has 2 heterocycles. The molecule has 0 spiro atoms. The number of fused-ring (bicyclic) bond motifs is 1. The van der Waals surface area contributed by atoms with Crippen molar-refractivity contribution in [3.63, 3.8) is 0 Å². The largest absolute Gasteiger partial charge is 0.423 e. The maximum Gasteiger partial charge on any atom is 0.336 e. The number of carbonyl (C=O) groups excluding carboxylic acids is 1. The van der Waals surface area contributed by atoms with E-state index in [0.717, 1.165) is 42.7 Å². The van der Waals surface area contributed by atoms with E-state index in [0.29, 0.717) is 17.8 Å². The van der Waals surface area contributed by atoms with E-state index in [4.69, 9.17) is 16.0 Å². The normalized spacial score (nSPS) is 15.3. The molecule has 3 aromatic rings. The molecular formula is C23H23ClFN3O3. The van der Waals surface area contributed by atoms with Crippen molar-refractivity contribution < 1.29 is 13.6 Å². The number of nitrogens with one attached hydrogen (secondary N) is 1. The Morgan fingerprint density at radius 1 is 1.10 bits per heavy atom. The number of benzene rings is 2. The Balaban J connectivity index is 1.33. The molecule has 1 N–H and O–H groups in total. The molecule has 0 saturated carbocycles. The molecule has 6 nitrogen and oxygen atoms in total. The highest BCUT2D eigenvalue weighted by Gasteiger charge is 2.20. The number of nitrogens with zero attached hydrogens (tertiary/aromatic N) is 2. The second-order valence-corrected chi connectivity index (χ2v) is 8.23. The van der Waals surface area contributed by atoms with E-state index in [1.807, 2.05) is 25.1 Å². The van der Waals surface area contributed by atoms with Gasteiger partial charge in [0.2, 0.25) is 5.91 Å². The first-order valence-corrected chi connectivity index (χ1v) is 10.5. The molecule has 0 bridgehead atoms. The van der Waals surface area contributed by atoms with Gasteiger partial charge in [-0.1, -0.05) is 23.7 Å². The van der Waals surface area contributed by atoms with Gasteiger partial charge in [-0.15, -0.1) is 0 Å². The van der Waals surface area contributed by atoms with Crippen LogP contribution in [0.25, 0.3) is 11.0 Å². The molecule has 1 aromatic heterocycles. The number of aryl methyl sites for hydroxylation is 1. The SMILES string of the molecule is Cc1ccc2c(CN3CCN(CC(=O)Nc4ccc(F)c(Cl)c4)CC3)cc(=O)oc2c1. The third-order valence-electron chi connectivity index (χ3n) is 5.42. The molecule has 0 unspecified atom stereocenters. The van der Waals surface area contributed by atoms with Crippen LogP contribution in [0.3, 0.4) is 0 Å². The van der Waals surface area contributed by atoms with Crippen LogP contribution in [0.4, 0.5) is 10.1 Å². The molecule has 1 amide bonds. The second kappa shape index (κ2) is 9.18. The fraction of sp³-hybridized carbons (Fsp3) is 0.304. The van der Waals surface area contributed by atoms with Gasteiger partial charge in [-0.25, -0.2) is 9.18 Å². The van der Waals surface area contributed by atoms with E-state index in [9.17, 15) is 14.0 Å². The van der Waals surface area contributed by atoms with Crippen LogP contribution >= 0.6 is 11.6 Å². The van der Waals surface area contributed by atoms with Gasteiger partial charge >= 0.3 is 5.63 Å². The van der Waals surface area contributed by atoms with Gasteiger partial charge in [-0.3, -0.25) is 14.6 Å². The van der Waals surface area contributed by atoms with E-state index >= 15 is 0 Å². The second-order valence-electron chi connectivity index (χ2n) is 7.82. The van der Waals surface area contributed by atoms with Crippen molar-refractivity contribution in [2.24, 2.45) is 0 Å². The van der Waals surface area contributed by atoms with Gasteiger partial charge in [-0.2, -0.15) is 0 Å². The zero-order valence-corrected chi connectivity index (χ0v) is 17.9. The summed E-state index contributed by atoms with van der Waals surface area (Å²) in [5.74, 6) is -0.687. The fourth-order valence-electron chi connectivity index (χ4n) is 3.79. The molecule has 1 fully saturated rings. The number of carbonyl (C=O) groups is 1. The number of anilines is 1. The molecule has 8 heteroatoms. The minimum absolute atomic E-state index is 0.0240. The zero-order chi connectivity index (χ0) is 22.0. The summed E-state index contributed by atoms with van der Waals surface area (Å²) >= 11 is 5.76. The summed E-state index contributed by atoms with van der Waals surface area (Å²) in [5.41, 5.74) is 2.73. The van der Waals surface area contributed by atoms with Crippen LogP contribution in [0.2, 0.25) is 5.02 Å². The van der Waals surface area contributed by atoms with Gasteiger partial charge in [-0.05, 0) is 42.3 Å². The van der Waals surface area contributed by atoms with E-state index in [-0.39, 0.29) is 23.1 Å². The highest BCUT2D eigenvalue weighted by molar-refractivity contribution is 6.31. The average molecular weight is 444 g/mol. The lowest BCUT2D eigenvalue weighted by atomic mass is 10.1. The van der Waals surface area contributed by atoms with Crippen LogP contribution in [0.1, 0.15) is 11.1 Å². The smallest absolute Gasteiger partial charge is 0.336 e. The lowest BCUT2D eigenvalue weighted by Gasteiger charge is -2.34. The Hall–Kier alpha value is -2.74. The maximum atomic E-state index is 13.2. The van der Waals surface area contributed by atoms with Gasteiger partial charge in [0.25, 0.3) is 0 Å². The minimum atomic E-state index is -0.519. The van der Waals surface area contributed by atoms with Crippen LogP contribution < -0.4 is 10.9 Å². The number of rotatable bonds is 5. The molecule has 1 aliphatic rings.